The molecule has 2 aromatic carbocycles. The number of benzene rings is 2. The van der Waals surface area contributed by atoms with Gasteiger partial charge in [-0.3, -0.25) is 4.21 Å². The van der Waals surface area contributed by atoms with Crippen LogP contribution in [0.4, 0.5) is 0 Å². The van der Waals surface area contributed by atoms with Crippen molar-refractivity contribution in [2.45, 2.75) is 4.90 Å². The van der Waals surface area contributed by atoms with E-state index in [2.05, 4.69) is 11.8 Å². The van der Waals surface area contributed by atoms with Gasteiger partial charge in [0.2, 0.25) is 0 Å². The molecule has 1 nitrogen and oxygen atoms in total. The predicted octanol–water partition coefficient (Wildman–Crippen LogP) is 2.85. The minimum Gasteiger partial charge on any atom is -0.253 e. The molecule has 1 unspecified atom stereocenters. The summed E-state index contributed by atoms with van der Waals surface area (Å²) in [6, 6.07) is 19.1. The van der Waals surface area contributed by atoms with Crippen LogP contribution in [-0.4, -0.2) is 9.96 Å². The Morgan fingerprint density at radius 3 is 2.12 bits per heavy atom. The van der Waals surface area contributed by atoms with Crippen LogP contribution in [-0.2, 0) is 10.8 Å². The average Bonchev–Trinajstić information content (AvgIpc) is 2.41. The molecule has 0 spiro atoms. The van der Waals surface area contributed by atoms with E-state index >= 15 is 0 Å². The van der Waals surface area contributed by atoms with Gasteiger partial charge >= 0.3 is 0 Å². The Balaban J connectivity index is 2.00. The highest BCUT2D eigenvalue weighted by Gasteiger charge is 1.98. The van der Waals surface area contributed by atoms with Crippen molar-refractivity contribution in [3.05, 3.63) is 66.2 Å². The smallest absolute Gasteiger partial charge is 0.0897 e. The van der Waals surface area contributed by atoms with E-state index in [1.807, 2.05) is 60.7 Å². The van der Waals surface area contributed by atoms with Crippen LogP contribution in [0.1, 0.15) is 5.56 Å². The summed E-state index contributed by atoms with van der Waals surface area (Å²) < 4.78 is 11.8. The maximum atomic E-state index is 11.8. The molecule has 0 saturated carbocycles. The molecule has 0 bridgehead atoms. The highest BCUT2D eigenvalue weighted by atomic mass is 32.2. The molecule has 0 heterocycles. The molecule has 2 rings (SSSR count). The molecule has 2 aromatic rings. The zero-order chi connectivity index (χ0) is 11.9. The van der Waals surface area contributed by atoms with Crippen molar-refractivity contribution in [2.24, 2.45) is 0 Å². The zero-order valence-electron chi connectivity index (χ0n) is 9.30. The topological polar surface area (TPSA) is 17.1 Å². The third-order valence-corrected chi connectivity index (χ3v) is 3.42. The van der Waals surface area contributed by atoms with Gasteiger partial charge in [-0.25, -0.2) is 0 Å². The fourth-order valence-electron chi connectivity index (χ4n) is 1.38. The lowest BCUT2D eigenvalue weighted by Crippen LogP contribution is -1.94. The lowest BCUT2D eigenvalue weighted by atomic mass is 10.2. The lowest BCUT2D eigenvalue weighted by molar-refractivity contribution is 0.685. The van der Waals surface area contributed by atoms with Crippen molar-refractivity contribution in [1.82, 2.24) is 0 Å². The first-order chi connectivity index (χ1) is 8.36. The van der Waals surface area contributed by atoms with Gasteiger partial charge in [0.25, 0.3) is 0 Å². The minimum absolute atomic E-state index is 0.374. The van der Waals surface area contributed by atoms with E-state index in [4.69, 9.17) is 0 Å². The molecule has 0 saturated heterocycles. The van der Waals surface area contributed by atoms with Gasteiger partial charge in [0, 0.05) is 10.5 Å². The molecule has 0 aliphatic heterocycles. The molecule has 2 heteroatoms. The Kier molecular flexibility index (Phi) is 4.12. The molecule has 17 heavy (non-hydrogen) atoms. The van der Waals surface area contributed by atoms with E-state index in [9.17, 15) is 4.21 Å². The summed E-state index contributed by atoms with van der Waals surface area (Å²) >= 11 is 0. The molecule has 0 N–H and O–H groups in total. The molecule has 0 aliphatic carbocycles. The highest BCUT2D eigenvalue weighted by Crippen LogP contribution is 2.04. The average molecular weight is 240 g/mol. The SMILES string of the molecule is O=S(CC#Cc1ccccc1)c1ccccc1. The van der Waals surface area contributed by atoms with Crippen LogP contribution in [0.5, 0.6) is 0 Å². The first-order valence-electron chi connectivity index (χ1n) is 5.33. The quantitative estimate of drug-likeness (QED) is 0.738. The third kappa shape index (κ3) is 3.58. The molecule has 0 aromatic heterocycles. The molecule has 1 atom stereocenters. The van der Waals surface area contributed by atoms with E-state index in [-0.39, 0.29) is 0 Å². The van der Waals surface area contributed by atoms with Crippen molar-refractivity contribution < 1.29 is 4.21 Å². The molecule has 84 valence electrons. The Hall–Kier alpha value is -1.85. The van der Waals surface area contributed by atoms with Crippen LogP contribution in [0.3, 0.4) is 0 Å². The normalized spacial score (nSPS) is 11.3. The second kappa shape index (κ2) is 6.03. The van der Waals surface area contributed by atoms with Crippen molar-refractivity contribution in [3.8, 4) is 11.8 Å². The second-order valence-corrected chi connectivity index (χ2v) is 4.92. The standard InChI is InChI=1S/C15H12OS/c16-17(15-11-5-2-6-12-15)13-7-10-14-8-3-1-4-9-14/h1-6,8-9,11-12H,13H2. The van der Waals surface area contributed by atoms with E-state index in [1.165, 1.54) is 0 Å². The summed E-state index contributed by atoms with van der Waals surface area (Å²) in [5, 5.41) is 0. The second-order valence-electron chi connectivity index (χ2n) is 3.47. The largest absolute Gasteiger partial charge is 0.253 e. The molecule has 0 aliphatic rings. The summed E-state index contributed by atoms with van der Waals surface area (Å²) in [6.45, 7) is 0. The van der Waals surface area contributed by atoms with Crippen molar-refractivity contribution >= 4 is 10.8 Å². The van der Waals surface area contributed by atoms with Crippen LogP contribution in [0.15, 0.2) is 65.6 Å². The molecular weight excluding hydrogens is 228 g/mol. The van der Waals surface area contributed by atoms with Crippen LogP contribution < -0.4 is 0 Å². The maximum absolute atomic E-state index is 11.8. The van der Waals surface area contributed by atoms with Crippen LogP contribution in [0.25, 0.3) is 0 Å². The van der Waals surface area contributed by atoms with Crippen molar-refractivity contribution in [2.75, 3.05) is 5.75 Å². The summed E-state index contributed by atoms with van der Waals surface area (Å²) in [4.78, 5) is 0.829. The van der Waals surface area contributed by atoms with Gasteiger partial charge in [0.15, 0.2) is 0 Å². The Bertz CT molecular complexity index is 550. The van der Waals surface area contributed by atoms with E-state index in [1.54, 1.807) is 0 Å². The van der Waals surface area contributed by atoms with Gasteiger partial charge in [0.1, 0.15) is 0 Å². The summed E-state index contributed by atoms with van der Waals surface area (Å²) in [6.07, 6.45) is 0. The van der Waals surface area contributed by atoms with Gasteiger partial charge in [-0.1, -0.05) is 48.2 Å². The Morgan fingerprint density at radius 1 is 0.882 bits per heavy atom. The highest BCUT2D eigenvalue weighted by molar-refractivity contribution is 7.85. The van der Waals surface area contributed by atoms with Gasteiger partial charge in [-0.05, 0) is 24.3 Å². The van der Waals surface area contributed by atoms with E-state index in [0.717, 1.165) is 10.5 Å². The van der Waals surface area contributed by atoms with Crippen LogP contribution in [0.2, 0.25) is 0 Å². The van der Waals surface area contributed by atoms with Gasteiger partial charge < -0.3 is 0 Å². The minimum atomic E-state index is -1.03. The van der Waals surface area contributed by atoms with Gasteiger partial charge in [0.05, 0.1) is 16.6 Å². The van der Waals surface area contributed by atoms with Crippen molar-refractivity contribution in [1.29, 1.82) is 0 Å². The Morgan fingerprint density at radius 2 is 1.47 bits per heavy atom. The van der Waals surface area contributed by atoms with E-state index in [0.29, 0.717) is 5.75 Å². The first kappa shape index (κ1) is 11.6. The fourth-order valence-corrected chi connectivity index (χ4v) is 2.21. The first-order valence-corrected chi connectivity index (χ1v) is 6.65. The maximum Gasteiger partial charge on any atom is 0.0897 e. The summed E-state index contributed by atoms with van der Waals surface area (Å²) in [5.74, 6) is 6.33. The molecule has 0 amide bonds. The number of rotatable bonds is 2. The predicted molar refractivity (Wildman–Crippen MR) is 71.0 cm³/mol. The fraction of sp³-hybridized carbons (Fsp3) is 0.0667. The molecular formula is C15H12OS. The molecule has 0 fully saturated rings. The van der Waals surface area contributed by atoms with E-state index < -0.39 is 10.8 Å². The van der Waals surface area contributed by atoms with Gasteiger partial charge in [-0.2, -0.15) is 0 Å². The molecule has 0 radical (unpaired) electrons. The van der Waals surface area contributed by atoms with Gasteiger partial charge in [-0.15, -0.1) is 0 Å². The summed E-state index contributed by atoms with van der Waals surface area (Å²) in [7, 11) is -1.03. The van der Waals surface area contributed by atoms with Crippen LogP contribution in [0, 0.1) is 11.8 Å². The zero-order valence-corrected chi connectivity index (χ0v) is 10.1. The third-order valence-electron chi connectivity index (χ3n) is 2.22. The Labute approximate surface area is 104 Å². The monoisotopic (exact) mass is 240 g/mol. The number of hydrogen-bond donors (Lipinski definition) is 0. The lowest BCUT2D eigenvalue weighted by Gasteiger charge is -1.95. The van der Waals surface area contributed by atoms with Crippen molar-refractivity contribution in [3.63, 3.8) is 0 Å². The number of hydrogen-bond acceptors (Lipinski definition) is 1. The van der Waals surface area contributed by atoms with Crippen LogP contribution >= 0.6 is 0 Å². The summed E-state index contributed by atoms with van der Waals surface area (Å²) in [5.41, 5.74) is 0.956.